The minimum atomic E-state index is 0.00412. The van der Waals surface area contributed by atoms with Gasteiger partial charge in [-0.15, -0.1) is 0 Å². The summed E-state index contributed by atoms with van der Waals surface area (Å²) in [5.74, 6) is 1.14. The Morgan fingerprint density at radius 3 is 2.57 bits per heavy atom. The maximum atomic E-state index is 12.3. The molecule has 23 heavy (non-hydrogen) atoms. The molecule has 2 atom stereocenters. The maximum Gasteiger partial charge on any atom is 0.222 e. The Balaban J connectivity index is 2.48. The van der Waals surface area contributed by atoms with Crippen LogP contribution in [0.2, 0.25) is 0 Å². The Hall–Kier alpha value is -1.10. The van der Waals surface area contributed by atoms with E-state index >= 15 is 0 Å². The molecule has 1 rings (SSSR count). The van der Waals surface area contributed by atoms with E-state index < -0.39 is 0 Å². The molecular formula is C18H34N2O3. The van der Waals surface area contributed by atoms with Crippen molar-refractivity contribution in [2.45, 2.75) is 58.8 Å². The van der Waals surface area contributed by atoms with Crippen molar-refractivity contribution >= 4 is 11.8 Å². The molecule has 0 saturated carbocycles. The molecule has 1 aliphatic rings. The third-order valence-electron chi connectivity index (χ3n) is 5.06. The number of rotatable bonds is 9. The van der Waals surface area contributed by atoms with E-state index in [-0.39, 0.29) is 18.4 Å². The number of aliphatic hydroxyl groups excluding tert-OH is 1. The van der Waals surface area contributed by atoms with Gasteiger partial charge in [-0.1, -0.05) is 33.1 Å². The molecule has 0 aromatic heterocycles. The highest BCUT2D eigenvalue weighted by Gasteiger charge is 2.31. The molecule has 5 heteroatoms. The monoisotopic (exact) mass is 326 g/mol. The van der Waals surface area contributed by atoms with Gasteiger partial charge in [-0.3, -0.25) is 9.59 Å². The molecule has 5 nitrogen and oxygen atoms in total. The first-order valence-corrected chi connectivity index (χ1v) is 9.16. The smallest absolute Gasteiger partial charge is 0.222 e. The number of hydrogen-bond donors (Lipinski definition) is 1. The SMILES string of the molecule is CCCCCC(=O)N1CC[C@@H](CC(=O)N(C)CCO)[C@@H](CC)C1. The number of piperidine rings is 1. The van der Waals surface area contributed by atoms with Crippen molar-refractivity contribution in [2.75, 3.05) is 33.3 Å². The van der Waals surface area contributed by atoms with Gasteiger partial charge in [0.05, 0.1) is 6.61 Å². The van der Waals surface area contributed by atoms with Crippen molar-refractivity contribution in [3.63, 3.8) is 0 Å². The number of aliphatic hydroxyl groups is 1. The van der Waals surface area contributed by atoms with Crippen molar-refractivity contribution in [1.82, 2.24) is 9.80 Å². The van der Waals surface area contributed by atoms with Gasteiger partial charge >= 0.3 is 0 Å². The summed E-state index contributed by atoms with van der Waals surface area (Å²) in [5, 5.41) is 8.94. The summed E-state index contributed by atoms with van der Waals surface area (Å²) in [6.07, 6.45) is 6.34. The van der Waals surface area contributed by atoms with Gasteiger partial charge in [0.15, 0.2) is 0 Å². The van der Waals surface area contributed by atoms with Gasteiger partial charge < -0.3 is 14.9 Å². The molecule has 1 N–H and O–H groups in total. The van der Waals surface area contributed by atoms with E-state index in [1.54, 1.807) is 11.9 Å². The molecule has 1 aliphatic heterocycles. The quantitative estimate of drug-likeness (QED) is 0.661. The average molecular weight is 326 g/mol. The molecule has 134 valence electrons. The van der Waals surface area contributed by atoms with Gasteiger partial charge in [0.2, 0.25) is 11.8 Å². The minimum absolute atomic E-state index is 0.00412. The Morgan fingerprint density at radius 1 is 1.22 bits per heavy atom. The lowest BCUT2D eigenvalue weighted by atomic mass is 9.81. The van der Waals surface area contributed by atoms with Crippen molar-refractivity contribution in [1.29, 1.82) is 0 Å². The highest BCUT2D eigenvalue weighted by molar-refractivity contribution is 5.77. The number of likely N-dealkylation sites (tertiary alicyclic amines) is 1. The summed E-state index contributed by atoms with van der Waals surface area (Å²) in [6, 6.07) is 0. The van der Waals surface area contributed by atoms with Crippen LogP contribution < -0.4 is 0 Å². The molecule has 0 radical (unpaired) electrons. The Labute approximate surface area is 141 Å². The zero-order chi connectivity index (χ0) is 17.2. The van der Waals surface area contributed by atoms with Crippen LogP contribution in [0, 0.1) is 11.8 Å². The first-order valence-electron chi connectivity index (χ1n) is 9.16. The van der Waals surface area contributed by atoms with Gasteiger partial charge in [0.25, 0.3) is 0 Å². The van der Waals surface area contributed by atoms with Crippen molar-refractivity contribution in [3.8, 4) is 0 Å². The summed E-state index contributed by atoms with van der Waals surface area (Å²) in [4.78, 5) is 28.1. The fourth-order valence-corrected chi connectivity index (χ4v) is 3.38. The van der Waals surface area contributed by atoms with E-state index in [4.69, 9.17) is 5.11 Å². The third-order valence-corrected chi connectivity index (χ3v) is 5.06. The molecule has 0 spiro atoms. The molecule has 1 heterocycles. The molecule has 0 bridgehead atoms. The van der Waals surface area contributed by atoms with Crippen molar-refractivity contribution < 1.29 is 14.7 Å². The third kappa shape index (κ3) is 6.50. The van der Waals surface area contributed by atoms with E-state index in [9.17, 15) is 9.59 Å². The highest BCUT2D eigenvalue weighted by Crippen LogP contribution is 2.30. The minimum Gasteiger partial charge on any atom is -0.395 e. The van der Waals surface area contributed by atoms with Crippen LogP contribution in [0.15, 0.2) is 0 Å². The summed E-state index contributed by atoms with van der Waals surface area (Å²) < 4.78 is 0. The van der Waals surface area contributed by atoms with Crippen LogP contribution >= 0.6 is 0 Å². The van der Waals surface area contributed by atoms with E-state index in [2.05, 4.69) is 13.8 Å². The second-order valence-electron chi connectivity index (χ2n) is 6.76. The number of likely N-dealkylation sites (N-methyl/N-ethyl adjacent to an activating group) is 1. The van der Waals surface area contributed by atoms with Crippen LogP contribution in [0.5, 0.6) is 0 Å². The van der Waals surface area contributed by atoms with E-state index in [1.807, 2.05) is 4.90 Å². The Morgan fingerprint density at radius 2 is 1.96 bits per heavy atom. The van der Waals surface area contributed by atoms with Gasteiger partial charge in [-0.2, -0.15) is 0 Å². The first-order chi connectivity index (χ1) is 11.0. The normalized spacial score (nSPS) is 21.3. The predicted octanol–water partition coefficient (Wildman–Crippen LogP) is 2.28. The molecule has 0 aromatic carbocycles. The van der Waals surface area contributed by atoms with Crippen LogP contribution in [0.4, 0.5) is 0 Å². The van der Waals surface area contributed by atoms with Crippen molar-refractivity contribution in [3.05, 3.63) is 0 Å². The average Bonchev–Trinajstić information content (AvgIpc) is 2.55. The lowest BCUT2D eigenvalue weighted by Crippen LogP contribution is -2.45. The van der Waals surface area contributed by atoms with Gasteiger partial charge in [0, 0.05) is 39.5 Å². The molecule has 1 fully saturated rings. The van der Waals surface area contributed by atoms with Crippen LogP contribution in [0.3, 0.4) is 0 Å². The topological polar surface area (TPSA) is 60.9 Å². The lowest BCUT2D eigenvalue weighted by Gasteiger charge is -2.38. The molecule has 0 aliphatic carbocycles. The Kier molecular flexibility index (Phi) is 9.22. The molecule has 0 aromatic rings. The van der Waals surface area contributed by atoms with E-state index in [0.717, 1.165) is 45.2 Å². The highest BCUT2D eigenvalue weighted by atomic mass is 16.3. The molecule has 0 unspecified atom stereocenters. The van der Waals surface area contributed by atoms with Gasteiger partial charge in [0.1, 0.15) is 0 Å². The summed E-state index contributed by atoms with van der Waals surface area (Å²) in [7, 11) is 1.74. The van der Waals surface area contributed by atoms with Crippen LogP contribution in [-0.4, -0.2) is 60.0 Å². The van der Waals surface area contributed by atoms with Crippen LogP contribution in [-0.2, 0) is 9.59 Å². The number of hydrogen-bond acceptors (Lipinski definition) is 3. The van der Waals surface area contributed by atoms with Gasteiger partial charge in [-0.05, 0) is 24.7 Å². The fourth-order valence-electron chi connectivity index (χ4n) is 3.38. The number of unbranched alkanes of at least 4 members (excludes halogenated alkanes) is 2. The van der Waals surface area contributed by atoms with E-state index in [1.165, 1.54) is 0 Å². The number of nitrogens with zero attached hydrogens (tertiary/aromatic N) is 2. The molecule has 2 amide bonds. The number of carbonyl (C=O) groups excluding carboxylic acids is 2. The summed E-state index contributed by atoms with van der Waals surface area (Å²) in [5.41, 5.74) is 0. The fraction of sp³-hybridized carbons (Fsp3) is 0.889. The Bertz CT molecular complexity index is 373. The largest absolute Gasteiger partial charge is 0.395 e. The number of amides is 2. The molecular weight excluding hydrogens is 292 g/mol. The zero-order valence-corrected chi connectivity index (χ0v) is 15.1. The first kappa shape index (κ1) is 19.9. The van der Waals surface area contributed by atoms with Crippen molar-refractivity contribution in [2.24, 2.45) is 11.8 Å². The van der Waals surface area contributed by atoms with Gasteiger partial charge in [-0.25, -0.2) is 0 Å². The summed E-state index contributed by atoms with van der Waals surface area (Å²) in [6.45, 7) is 6.26. The predicted molar refractivity (Wildman–Crippen MR) is 91.9 cm³/mol. The second-order valence-corrected chi connectivity index (χ2v) is 6.76. The zero-order valence-electron chi connectivity index (χ0n) is 15.1. The lowest BCUT2D eigenvalue weighted by molar-refractivity contribution is -0.135. The maximum absolute atomic E-state index is 12.3. The number of carbonyl (C=O) groups is 2. The van der Waals surface area contributed by atoms with E-state index in [0.29, 0.717) is 31.2 Å². The van der Waals surface area contributed by atoms with Crippen LogP contribution in [0.1, 0.15) is 58.8 Å². The second kappa shape index (κ2) is 10.6. The summed E-state index contributed by atoms with van der Waals surface area (Å²) >= 11 is 0. The standard InChI is InChI=1S/C18H34N2O3/c1-4-6-7-8-17(22)20-10-9-16(15(5-2)14-20)13-18(23)19(3)11-12-21/h15-16,21H,4-14H2,1-3H3/t15-,16-/m0/s1. The molecule has 1 saturated heterocycles. The van der Waals surface area contributed by atoms with Crippen LogP contribution in [0.25, 0.3) is 0 Å².